The Morgan fingerprint density at radius 3 is 2.23 bits per heavy atom. The number of hydrogen-bond donors (Lipinski definition) is 2. The highest BCUT2D eigenvalue weighted by Crippen LogP contribution is 2.15. The molecule has 2 aromatic carbocycles. The van der Waals surface area contributed by atoms with Crippen LogP contribution in [0, 0.1) is 5.82 Å². The first-order valence-electron chi connectivity index (χ1n) is 8.76. The van der Waals surface area contributed by atoms with Crippen molar-refractivity contribution in [3.8, 4) is 0 Å². The summed E-state index contributed by atoms with van der Waals surface area (Å²) in [7, 11) is 0. The predicted octanol–water partition coefficient (Wildman–Crippen LogP) is 1.37. The van der Waals surface area contributed by atoms with Gasteiger partial charge in [-0.3, -0.25) is 9.59 Å². The van der Waals surface area contributed by atoms with Crippen LogP contribution < -0.4 is 15.1 Å². The van der Waals surface area contributed by atoms with E-state index < -0.39 is 0 Å². The van der Waals surface area contributed by atoms with Crippen molar-refractivity contribution in [1.29, 1.82) is 0 Å². The number of benzene rings is 2. The number of anilines is 2. The van der Waals surface area contributed by atoms with Gasteiger partial charge in [0.25, 0.3) is 5.91 Å². The average Bonchev–Trinajstić information content (AvgIpc) is 2.64. The first kappa shape index (κ1) is 18.1. The molecule has 0 atom stereocenters. The molecule has 2 N–H and O–H groups in total. The quantitative estimate of drug-likeness (QED) is 0.796. The third-order valence-corrected chi connectivity index (χ3v) is 4.65. The number of nitrogens with zero attached hydrogens (tertiary/aromatic N) is 1. The van der Waals surface area contributed by atoms with Crippen LogP contribution in [-0.4, -0.2) is 44.4 Å². The smallest absolute Gasteiger partial charge is 0.279 e. The standard InChI is InChI=1S/C20H22FN3O2/c1-15(25)16-2-8-19(9-3-16)24-12-10-23(11-13-24)14-20(26)22-18-6-4-17(21)5-7-18/h2-9H,10-14H2,1H3,(H,22,26)/p+1. The lowest BCUT2D eigenvalue weighted by atomic mass is 10.1. The van der Waals surface area contributed by atoms with Crippen molar-refractivity contribution >= 4 is 23.1 Å². The monoisotopic (exact) mass is 356 g/mol. The van der Waals surface area contributed by atoms with E-state index in [-0.39, 0.29) is 17.5 Å². The zero-order valence-electron chi connectivity index (χ0n) is 14.8. The molecule has 1 aliphatic heterocycles. The molecule has 0 aromatic heterocycles. The van der Waals surface area contributed by atoms with Crippen LogP contribution in [0.1, 0.15) is 17.3 Å². The van der Waals surface area contributed by atoms with Crippen LogP contribution in [0.15, 0.2) is 48.5 Å². The Kier molecular flexibility index (Phi) is 5.63. The second kappa shape index (κ2) is 8.10. The molecule has 0 unspecified atom stereocenters. The lowest BCUT2D eigenvalue weighted by Crippen LogP contribution is -3.15. The molecule has 1 heterocycles. The summed E-state index contributed by atoms with van der Waals surface area (Å²) in [4.78, 5) is 27.0. The summed E-state index contributed by atoms with van der Waals surface area (Å²) in [6.45, 7) is 5.41. The summed E-state index contributed by atoms with van der Waals surface area (Å²) in [6, 6.07) is 13.4. The number of amides is 1. The van der Waals surface area contributed by atoms with Crippen molar-refractivity contribution in [2.45, 2.75) is 6.92 Å². The van der Waals surface area contributed by atoms with Gasteiger partial charge in [0.1, 0.15) is 5.82 Å². The summed E-state index contributed by atoms with van der Waals surface area (Å²) in [5.74, 6) is -0.315. The highest BCUT2D eigenvalue weighted by Gasteiger charge is 2.22. The van der Waals surface area contributed by atoms with Gasteiger partial charge in [0.2, 0.25) is 0 Å². The Labute approximate surface area is 152 Å². The minimum Gasteiger partial charge on any atom is -0.360 e. The largest absolute Gasteiger partial charge is 0.360 e. The molecule has 3 rings (SSSR count). The summed E-state index contributed by atoms with van der Waals surface area (Å²) < 4.78 is 12.9. The van der Waals surface area contributed by atoms with Gasteiger partial charge in [-0.2, -0.15) is 0 Å². The molecule has 26 heavy (non-hydrogen) atoms. The maximum absolute atomic E-state index is 12.9. The van der Waals surface area contributed by atoms with Gasteiger partial charge in [-0.1, -0.05) is 0 Å². The third-order valence-electron chi connectivity index (χ3n) is 4.65. The molecule has 0 bridgehead atoms. The Balaban J connectivity index is 1.48. The highest BCUT2D eigenvalue weighted by atomic mass is 19.1. The van der Waals surface area contributed by atoms with E-state index in [2.05, 4.69) is 10.2 Å². The minimum absolute atomic E-state index is 0.0640. The maximum Gasteiger partial charge on any atom is 0.279 e. The second-order valence-corrected chi connectivity index (χ2v) is 6.57. The van der Waals surface area contributed by atoms with E-state index in [1.165, 1.54) is 17.0 Å². The summed E-state index contributed by atoms with van der Waals surface area (Å²) in [5, 5.41) is 2.80. The maximum atomic E-state index is 12.9. The number of quaternary nitrogens is 1. The first-order chi connectivity index (χ1) is 12.5. The van der Waals surface area contributed by atoms with E-state index in [1.807, 2.05) is 24.3 Å². The number of nitrogens with one attached hydrogen (secondary N) is 2. The first-order valence-corrected chi connectivity index (χ1v) is 8.76. The number of halogens is 1. The lowest BCUT2D eigenvalue weighted by Gasteiger charge is -2.33. The Morgan fingerprint density at radius 1 is 1.04 bits per heavy atom. The second-order valence-electron chi connectivity index (χ2n) is 6.57. The van der Waals surface area contributed by atoms with Crippen LogP contribution in [0.2, 0.25) is 0 Å². The van der Waals surface area contributed by atoms with Crippen LogP contribution in [0.4, 0.5) is 15.8 Å². The van der Waals surface area contributed by atoms with Crippen molar-refractivity contribution in [3.05, 3.63) is 59.9 Å². The van der Waals surface area contributed by atoms with Gasteiger partial charge < -0.3 is 15.1 Å². The molecule has 0 radical (unpaired) electrons. The van der Waals surface area contributed by atoms with Crippen molar-refractivity contribution in [1.82, 2.24) is 0 Å². The van der Waals surface area contributed by atoms with Gasteiger partial charge >= 0.3 is 0 Å². The molecule has 0 spiro atoms. The zero-order chi connectivity index (χ0) is 18.5. The third kappa shape index (κ3) is 4.67. The van der Waals surface area contributed by atoms with Crippen LogP contribution in [0.5, 0.6) is 0 Å². The molecule has 2 aromatic rings. The summed E-state index contributed by atoms with van der Waals surface area (Å²) >= 11 is 0. The summed E-state index contributed by atoms with van der Waals surface area (Å²) in [6.07, 6.45) is 0. The molecule has 5 nitrogen and oxygen atoms in total. The Hall–Kier alpha value is -2.73. The number of piperazine rings is 1. The molecule has 0 saturated carbocycles. The fourth-order valence-corrected chi connectivity index (χ4v) is 3.13. The van der Waals surface area contributed by atoms with E-state index in [0.29, 0.717) is 12.2 Å². The molecule has 6 heteroatoms. The fraction of sp³-hybridized carbons (Fsp3) is 0.300. The van der Waals surface area contributed by atoms with E-state index in [1.54, 1.807) is 19.1 Å². The minimum atomic E-state index is -0.318. The molecule has 1 saturated heterocycles. The van der Waals surface area contributed by atoms with Gasteiger partial charge in [-0.25, -0.2) is 4.39 Å². The molecule has 0 aliphatic carbocycles. The van der Waals surface area contributed by atoms with Gasteiger partial charge in [0, 0.05) is 16.9 Å². The van der Waals surface area contributed by atoms with E-state index in [9.17, 15) is 14.0 Å². The molecular formula is C20H23FN3O2+. The van der Waals surface area contributed by atoms with Crippen molar-refractivity contribution in [3.63, 3.8) is 0 Å². The van der Waals surface area contributed by atoms with Crippen LogP contribution in [0.3, 0.4) is 0 Å². The average molecular weight is 356 g/mol. The van der Waals surface area contributed by atoms with Crippen LogP contribution in [0.25, 0.3) is 0 Å². The van der Waals surface area contributed by atoms with Crippen molar-refractivity contribution in [2.75, 3.05) is 42.9 Å². The van der Waals surface area contributed by atoms with Crippen LogP contribution in [-0.2, 0) is 4.79 Å². The predicted molar refractivity (Wildman–Crippen MR) is 99.3 cm³/mol. The van der Waals surface area contributed by atoms with E-state index >= 15 is 0 Å². The number of ketones is 1. The zero-order valence-corrected chi connectivity index (χ0v) is 14.8. The summed E-state index contributed by atoms with van der Waals surface area (Å²) in [5.41, 5.74) is 2.43. The lowest BCUT2D eigenvalue weighted by molar-refractivity contribution is -0.892. The molecule has 1 fully saturated rings. The normalized spacial score (nSPS) is 14.9. The van der Waals surface area contributed by atoms with Gasteiger partial charge in [0.15, 0.2) is 12.3 Å². The number of rotatable bonds is 5. The number of hydrogen-bond acceptors (Lipinski definition) is 3. The van der Waals surface area contributed by atoms with E-state index in [4.69, 9.17) is 0 Å². The van der Waals surface area contributed by atoms with Crippen molar-refractivity contribution in [2.24, 2.45) is 0 Å². The topological polar surface area (TPSA) is 53.9 Å². The number of Topliss-reactive ketones (excluding diaryl/α,β-unsaturated/α-hetero) is 1. The van der Waals surface area contributed by atoms with Gasteiger partial charge in [-0.15, -0.1) is 0 Å². The molecular weight excluding hydrogens is 333 g/mol. The molecule has 1 aliphatic rings. The van der Waals surface area contributed by atoms with Gasteiger partial charge in [-0.05, 0) is 55.5 Å². The molecule has 136 valence electrons. The Bertz CT molecular complexity index is 767. The SMILES string of the molecule is CC(=O)c1ccc(N2CC[NH+](CC(=O)Nc3ccc(F)cc3)CC2)cc1. The molecule has 1 amide bonds. The van der Waals surface area contributed by atoms with Gasteiger partial charge in [0.05, 0.1) is 26.2 Å². The van der Waals surface area contributed by atoms with E-state index in [0.717, 1.165) is 37.4 Å². The van der Waals surface area contributed by atoms with Crippen molar-refractivity contribution < 1.29 is 18.9 Å². The highest BCUT2D eigenvalue weighted by molar-refractivity contribution is 5.94. The fourth-order valence-electron chi connectivity index (χ4n) is 3.13. The number of carbonyl (C=O) groups excluding carboxylic acids is 2. The van der Waals surface area contributed by atoms with Crippen LogP contribution >= 0.6 is 0 Å². The number of carbonyl (C=O) groups is 2. The Morgan fingerprint density at radius 2 is 1.65 bits per heavy atom.